The molecule has 0 fully saturated rings. The standard InChI is InChI=1S/C15H17N3O4/c1-9(22-10(2)19)15(21)16-12-5-3-11(4-6-12)13-7-8-14(20)18-17-13/h3-6,9H,7-8H2,1-2H3,(H,16,21)(H,18,20). The maximum Gasteiger partial charge on any atom is 0.303 e. The number of ether oxygens (including phenoxy) is 1. The van der Waals surface area contributed by atoms with Crippen molar-refractivity contribution in [3.63, 3.8) is 0 Å². The second kappa shape index (κ2) is 6.84. The quantitative estimate of drug-likeness (QED) is 0.816. The van der Waals surface area contributed by atoms with Crippen LogP contribution in [-0.4, -0.2) is 29.6 Å². The van der Waals surface area contributed by atoms with Crippen LogP contribution >= 0.6 is 0 Å². The first kappa shape index (κ1) is 15.7. The largest absolute Gasteiger partial charge is 0.453 e. The lowest BCUT2D eigenvalue weighted by atomic mass is 10.0. The zero-order valence-corrected chi connectivity index (χ0v) is 12.4. The molecule has 1 aromatic rings. The van der Waals surface area contributed by atoms with Crippen molar-refractivity contribution in [1.82, 2.24) is 5.43 Å². The molecule has 2 rings (SSSR count). The van der Waals surface area contributed by atoms with Crippen molar-refractivity contribution in [2.75, 3.05) is 5.32 Å². The Kier molecular flexibility index (Phi) is 4.88. The summed E-state index contributed by atoms with van der Waals surface area (Å²) in [4.78, 5) is 33.7. The molecule has 1 atom stereocenters. The van der Waals surface area contributed by atoms with Gasteiger partial charge in [0.1, 0.15) is 0 Å². The first-order chi connectivity index (χ1) is 10.5. The van der Waals surface area contributed by atoms with Gasteiger partial charge in [0, 0.05) is 25.5 Å². The number of rotatable bonds is 4. The van der Waals surface area contributed by atoms with Gasteiger partial charge in [-0.15, -0.1) is 0 Å². The van der Waals surface area contributed by atoms with Gasteiger partial charge in [-0.1, -0.05) is 12.1 Å². The summed E-state index contributed by atoms with van der Waals surface area (Å²) in [5, 5.41) is 6.66. The van der Waals surface area contributed by atoms with Crippen LogP contribution in [0.5, 0.6) is 0 Å². The summed E-state index contributed by atoms with van der Waals surface area (Å²) in [5.41, 5.74) is 4.71. The number of hydrogen-bond donors (Lipinski definition) is 2. The van der Waals surface area contributed by atoms with Crippen LogP contribution in [0.15, 0.2) is 29.4 Å². The summed E-state index contributed by atoms with van der Waals surface area (Å²) < 4.78 is 4.80. The van der Waals surface area contributed by atoms with Gasteiger partial charge in [0.2, 0.25) is 5.91 Å². The van der Waals surface area contributed by atoms with Crippen LogP contribution in [0, 0.1) is 0 Å². The molecule has 0 bridgehead atoms. The van der Waals surface area contributed by atoms with Gasteiger partial charge in [0.25, 0.3) is 5.91 Å². The van der Waals surface area contributed by atoms with Crippen LogP contribution in [0.4, 0.5) is 5.69 Å². The van der Waals surface area contributed by atoms with E-state index in [4.69, 9.17) is 4.74 Å². The summed E-state index contributed by atoms with van der Waals surface area (Å²) in [5.74, 6) is -0.993. The molecule has 0 radical (unpaired) electrons. The molecule has 0 saturated carbocycles. The third kappa shape index (κ3) is 4.15. The van der Waals surface area contributed by atoms with E-state index in [9.17, 15) is 14.4 Å². The molecule has 22 heavy (non-hydrogen) atoms. The average molecular weight is 303 g/mol. The highest BCUT2D eigenvalue weighted by Gasteiger charge is 2.16. The number of carbonyl (C=O) groups is 3. The predicted octanol–water partition coefficient (Wildman–Crippen LogP) is 1.19. The van der Waals surface area contributed by atoms with Gasteiger partial charge in [-0.2, -0.15) is 5.10 Å². The van der Waals surface area contributed by atoms with Gasteiger partial charge < -0.3 is 10.1 Å². The van der Waals surface area contributed by atoms with E-state index in [1.807, 2.05) is 12.1 Å². The van der Waals surface area contributed by atoms with Gasteiger partial charge in [-0.3, -0.25) is 14.4 Å². The predicted molar refractivity (Wildman–Crippen MR) is 80.2 cm³/mol. The van der Waals surface area contributed by atoms with E-state index in [2.05, 4.69) is 15.8 Å². The lowest BCUT2D eigenvalue weighted by Crippen LogP contribution is -2.29. The normalized spacial score (nSPS) is 15.4. The Bertz CT molecular complexity index is 622. The number of carbonyl (C=O) groups excluding carboxylic acids is 3. The highest BCUT2D eigenvalue weighted by atomic mass is 16.5. The van der Waals surface area contributed by atoms with E-state index in [0.717, 1.165) is 11.3 Å². The Hall–Kier alpha value is -2.70. The Balaban J connectivity index is 1.99. The van der Waals surface area contributed by atoms with Crippen molar-refractivity contribution in [3.8, 4) is 0 Å². The van der Waals surface area contributed by atoms with Crippen LogP contribution in [0.2, 0.25) is 0 Å². The number of anilines is 1. The Morgan fingerprint density at radius 3 is 2.50 bits per heavy atom. The molecule has 0 spiro atoms. The fourth-order valence-corrected chi connectivity index (χ4v) is 1.97. The van der Waals surface area contributed by atoms with Crippen LogP contribution in [-0.2, 0) is 19.1 Å². The molecule has 2 N–H and O–H groups in total. The first-order valence-corrected chi connectivity index (χ1v) is 6.89. The number of benzene rings is 1. The van der Waals surface area contributed by atoms with E-state index < -0.39 is 18.0 Å². The van der Waals surface area contributed by atoms with Gasteiger partial charge in [-0.05, 0) is 24.6 Å². The summed E-state index contributed by atoms with van der Waals surface area (Å²) in [6.45, 7) is 2.76. The zero-order valence-electron chi connectivity index (χ0n) is 12.4. The van der Waals surface area contributed by atoms with E-state index in [-0.39, 0.29) is 5.91 Å². The van der Waals surface area contributed by atoms with Crippen LogP contribution < -0.4 is 10.7 Å². The lowest BCUT2D eigenvalue weighted by molar-refractivity contribution is -0.150. The molecule has 1 aliphatic rings. The number of esters is 1. The molecule has 7 nitrogen and oxygen atoms in total. The molecule has 0 saturated heterocycles. The second-order valence-corrected chi connectivity index (χ2v) is 4.91. The van der Waals surface area contributed by atoms with Crippen molar-refractivity contribution in [2.24, 2.45) is 5.10 Å². The minimum Gasteiger partial charge on any atom is -0.453 e. The summed E-state index contributed by atoms with van der Waals surface area (Å²) in [7, 11) is 0. The fourth-order valence-electron chi connectivity index (χ4n) is 1.97. The summed E-state index contributed by atoms with van der Waals surface area (Å²) in [6, 6.07) is 7.07. The molecule has 1 heterocycles. The second-order valence-electron chi connectivity index (χ2n) is 4.91. The average Bonchev–Trinajstić information content (AvgIpc) is 2.48. The van der Waals surface area contributed by atoms with E-state index in [0.29, 0.717) is 18.5 Å². The topological polar surface area (TPSA) is 96.9 Å². The van der Waals surface area contributed by atoms with Crippen LogP contribution in [0.3, 0.4) is 0 Å². The van der Waals surface area contributed by atoms with E-state index in [1.165, 1.54) is 13.8 Å². The molecule has 116 valence electrons. The molecule has 0 aliphatic carbocycles. The molecule has 2 amide bonds. The third-order valence-electron chi connectivity index (χ3n) is 3.10. The maximum atomic E-state index is 11.8. The van der Waals surface area contributed by atoms with Crippen molar-refractivity contribution < 1.29 is 19.1 Å². The Morgan fingerprint density at radius 2 is 1.95 bits per heavy atom. The molecule has 1 aliphatic heterocycles. The van der Waals surface area contributed by atoms with Gasteiger partial charge in [0.15, 0.2) is 6.10 Å². The molecule has 1 unspecified atom stereocenters. The minimum absolute atomic E-state index is 0.0907. The van der Waals surface area contributed by atoms with Gasteiger partial charge in [-0.25, -0.2) is 5.43 Å². The Morgan fingerprint density at radius 1 is 1.27 bits per heavy atom. The lowest BCUT2D eigenvalue weighted by Gasteiger charge is -2.14. The van der Waals surface area contributed by atoms with Crippen molar-refractivity contribution in [2.45, 2.75) is 32.8 Å². The van der Waals surface area contributed by atoms with Gasteiger partial charge in [0.05, 0.1) is 5.71 Å². The number of hydrogen-bond acceptors (Lipinski definition) is 5. The molecule has 1 aromatic carbocycles. The summed E-state index contributed by atoms with van der Waals surface area (Å²) >= 11 is 0. The van der Waals surface area contributed by atoms with Crippen molar-refractivity contribution in [1.29, 1.82) is 0 Å². The first-order valence-electron chi connectivity index (χ1n) is 6.89. The third-order valence-corrected chi connectivity index (χ3v) is 3.10. The molecular formula is C15H17N3O4. The summed E-state index contributed by atoms with van der Waals surface area (Å²) in [6.07, 6.45) is 0.147. The number of hydrazone groups is 1. The van der Waals surface area contributed by atoms with Crippen molar-refractivity contribution in [3.05, 3.63) is 29.8 Å². The fraction of sp³-hybridized carbons (Fsp3) is 0.333. The highest BCUT2D eigenvalue weighted by molar-refractivity contribution is 6.04. The molecular weight excluding hydrogens is 286 g/mol. The highest BCUT2D eigenvalue weighted by Crippen LogP contribution is 2.14. The molecule has 7 heteroatoms. The van der Waals surface area contributed by atoms with Gasteiger partial charge >= 0.3 is 5.97 Å². The minimum atomic E-state index is -0.852. The Labute approximate surface area is 127 Å². The smallest absolute Gasteiger partial charge is 0.303 e. The zero-order chi connectivity index (χ0) is 16.1. The van der Waals surface area contributed by atoms with E-state index >= 15 is 0 Å². The van der Waals surface area contributed by atoms with Crippen LogP contribution in [0.1, 0.15) is 32.3 Å². The number of nitrogens with zero attached hydrogens (tertiary/aromatic N) is 1. The van der Waals surface area contributed by atoms with Crippen molar-refractivity contribution >= 4 is 29.2 Å². The molecule has 0 aromatic heterocycles. The monoisotopic (exact) mass is 303 g/mol. The number of nitrogens with one attached hydrogen (secondary N) is 2. The maximum absolute atomic E-state index is 11.8. The van der Waals surface area contributed by atoms with Crippen LogP contribution in [0.25, 0.3) is 0 Å². The number of amides is 2. The SMILES string of the molecule is CC(=O)OC(C)C(=O)Nc1ccc(C2=NNC(=O)CC2)cc1. The van der Waals surface area contributed by atoms with E-state index in [1.54, 1.807) is 12.1 Å².